The lowest BCUT2D eigenvalue weighted by atomic mass is 9.99. The molecule has 0 saturated carbocycles. The maximum absolute atomic E-state index is 5.20. The molecule has 2 unspecified atom stereocenters. The van der Waals surface area contributed by atoms with Crippen LogP contribution in [0.4, 0.5) is 0 Å². The molecule has 0 aromatic heterocycles. The summed E-state index contributed by atoms with van der Waals surface area (Å²) in [5, 5.41) is 0. The molecule has 0 radical (unpaired) electrons. The van der Waals surface area contributed by atoms with Crippen molar-refractivity contribution in [2.24, 2.45) is 11.8 Å². The van der Waals surface area contributed by atoms with Gasteiger partial charge in [0.1, 0.15) is 0 Å². The summed E-state index contributed by atoms with van der Waals surface area (Å²) in [5.74, 6) is 6.09. The lowest BCUT2D eigenvalue weighted by molar-refractivity contribution is 0.556. The normalized spacial score (nSPS) is 14.8. The largest absolute Gasteiger partial charge is 0.120 e. The van der Waals surface area contributed by atoms with Crippen LogP contribution < -0.4 is 0 Å². The Hall–Kier alpha value is -0.880. The second-order valence-electron chi connectivity index (χ2n) is 2.71. The molecule has 54 valence electrons. The lowest BCUT2D eigenvalue weighted by Crippen LogP contribution is -1.95. The van der Waals surface area contributed by atoms with Gasteiger partial charge in [-0.1, -0.05) is 13.8 Å². The van der Waals surface area contributed by atoms with E-state index in [4.69, 9.17) is 12.8 Å². The Morgan fingerprint density at radius 2 is 1.30 bits per heavy atom. The van der Waals surface area contributed by atoms with E-state index in [0.717, 1.165) is 12.8 Å². The Morgan fingerprint density at radius 3 is 1.50 bits per heavy atom. The Bertz CT molecular complexity index is 134. The van der Waals surface area contributed by atoms with Gasteiger partial charge in [-0.3, -0.25) is 0 Å². The molecule has 0 fully saturated rings. The SMILES string of the molecule is C#CC(C)CCC(C)C#C. The fourth-order valence-corrected chi connectivity index (χ4v) is 0.667. The van der Waals surface area contributed by atoms with Crippen LogP contribution in [-0.4, -0.2) is 0 Å². The molecule has 0 nitrogen and oxygen atoms in total. The quantitative estimate of drug-likeness (QED) is 0.519. The standard InChI is InChI=1S/C10H14/c1-5-9(3)7-8-10(4)6-2/h1-2,9-10H,7-8H2,3-4H3. The zero-order valence-corrected chi connectivity index (χ0v) is 6.72. The van der Waals surface area contributed by atoms with Crippen molar-refractivity contribution in [2.45, 2.75) is 26.7 Å². The number of hydrogen-bond donors (Lipinski definition) is 0. The van der Waals surface area contributed by atoms with Crippen molar-refractivity contribution in [1.29, 1.82) is 0 Å². The minimum Gasteiger partial charge on any atom is -0.120 e. The van der Waals surface area contributed by atoms with Crippen molar-refractivity contribution in [3.63, 3.8) is 0 Å². The first kappa shape index (κ1) is 9.12. The van der Waals surface area contributed by atoms with Crippen LogP contribution in [0.15, 0.2) is 0 Å². The monoisotopic (exact) mass is 134 g/mol. The van der Waals surface area contributed by atoms with Crippen LogP contribution in [0.5, 0.6) is 0 Å². The van der Waals surface area contributed by atoms with Gasteiger partial charge < -0.3 is 0 Å². The van der Waals surface area contributed by atoms with Gasteiger partial charge in [0.2, 0.25) is 0 Å². The number of hydrogen-bond acceptors (Lipinski definition) is 0. The molecular formula is C10H14. The van der Waals surface area contributed by atoms with Gasteiger partial charge in [0.25, 0.3) is 0 Å². The van der Waals surface area contributed by atoms with Gasteiger partial charge in [0.15, 0.2) is 0 Å². The number of terminal acetylenes is 2. The van der Waals surface area contributed by atoms with Crippen LogP contribution in [0.25, 0.3) is 0 Å². The highest BCUT2D eigenvalue weighted by Gasteiger charge is 2.00. The summed E-state index contributed by atoms with van der Waals surface area (Å²) in [6.45, 7) is 4.09. The molecule has 0 rings (SSSR count). The molecular weight excluding hydrogens is 120 g/mol. The fraction of sp³-hybridized carbons (Fsp3) is 0.600. The smallest absolute Gasteiger partial charge is 0.0172 e. The van der Waals surface area contributed by atoms with Crippen LogP contribution in [0.1, 0.15) is 26.7 Å². The van der Waals surface area contributed by atoms with Gasteiger partial charge in [-0.25, -0.2) is 0 Å². The second kappa shape index (κ2) is 4.95. The Kier molecular flexibility index (Phi) is 4.51. The van der Waals surface area contributed by atoms with Crippen LogP contribution >= 0.6 is 0 Å². The summed E-state index contributed by atoms with van der Waals surface area (Å²) in [7, 11) is 0. The van der Waals surface area contributed by atoms with Gasteiger partial charge in [0, 0.05) is 11.8 Å². The van der Waals surface area contributed by atoms with E-state index < -0.39 is 0 Å². The average molecular weight is 134 g/mol. The molecule has 0 saturated heterocycles. The summed E-state index contributed by atoms with van der Waals surface area (Å²) in [6.07, 6.45) is 12.5. The minimum absolute atomic E-state index is 0.371. The maximum Gasteiger partial charge on any atom is 0.0172 e. The summed E-state index contributed by atoms with van der Waals surface area (Å²) < 4.78 is 0. The highest BCUT2D eigenvalue weighted by atomic mass is 14.0. The van der Waals surface area contributed by atoms with Crippen LogP contribution in [0.2, 0.25) is 0 Å². The Balaban J connectivity index is 3.40. The molecule has 0 heteroatoms. The van der Waals surface area contributed by atoms with Crippen molar-refractivity contribution in [3.05, 3.63) is 0 Å². The highest BCUT2D eigenvalue weighted by molar-refractivity contribution is 4.94. The van der Waals surface area contributed by atoms with Gasteiger partial charge >= 0.3 is 0 Å². The van der Waals surface area contributed by atoms with E-state index in [1.165, 1.54) is 0 Å². The third kappa shape index (κ3) is 4.04. The molecule has 0 aliphatic carbocycles. The van der Waals surface area contributed by atoms with Crippen LogP contribution in [-0.2, 0) is 0 Å². The van der Waals surface area contributed by atoms with Gasteiger partial charge in [-0.15, -0.1) is 24.7 Å². The van der Waals surface area contributed by atoms with E-state index in [0.29, 0.717) is 11.8 Å². The van der Waals surface area contributed by atoms with Crippen LogP contribution in [0.3, 0.4) is 0 Å². The van der Waals surface area contributed by atoms with Crippen molar-refractivity contribution < 1.29 is 0 Å². The first-order valence-electron chi connectivity index (χ1n) is 3.63. The first-order chi connectivity index (χ1) is 4.70. The van der Waals surface area contributed by atoms with E-state index >= 15 is 0 Å². The second-order valence-corrected chi connectivity index (χ2v) is 2.71. The van der Waals surface area contributed by atoms with Gasteiger partial charge in [-0.2, -0.15) is 0 Å². The predicted molar refractivity (Wildman–Crippen MR) is 45.2 cm³/mol. The number of rotatable bonds is 3. The summed E-state index contributed by atoms with van der Waals surface area (Å²) in [5.41, 5.74) is 0. The molecule has 0 aromatic rings. The maximum atomic E-state index is 5.20. The van der Waals surface area contributed by atoms with Gasteiger partial charge in [0.05, 0.1) is 0 Å². The van der Waals surface area contributed by atoms with Crippen molar-refractivity contribution in [1.82, 2.24) is 0 Å². The van der Waals surface area contributed by atoms with Crippen LogP contribution in [0, 0.1) is 36.5 Å². The third-order valence-electron chi connectivity index (χ3n) is 1.60. The molecule has 0 amide bonds. The van der Waals surface area contributed by atoms with E-state index in [1.54, 1.807) is 0 Å². The zero-order valence-electron chi connectivity index (χ0n) is 6.72. The minimum atomic E-state index is 0.371. The van der Waals surface area contributed by atoms with Crippen molar-refractivity contribution in [3.8, 4) is 24.7 Å². The summed E-state index contributed by atoms with van der Waals surface area (Å²) in [6, 6.07) is 0. The summed E-state index contributed by atoms with van der Waals surface area (Å²) in [4.78, 5) is 0. The molecule has 0 spiro atoms. The molecule has 0 aromatic carbocycles. The van der Waals surface area contributed by atoms with E-state index in [2.05, 4.69) is 11.8 Å². The zero-order chi connectivity index (χ0) is 7.98. The molecule has 0 bridgehead atoms. The van der Waals surface area contributed by atoms with E-state index in [1.807, 2.05) is 13.8 Å². The van der Waals surface area contributed by atoms with E-state index in [-0.39, 0.29) is 0 Å². The highest BCUT2D eigenvalue weighted by Crippen LogP contribution is 2.09. The van der Waals surface area contributed by atoms with Crippen molar-refractivity contribution >= 4 is 0 Å². The molecule has 0 N–H and O–H groups in total. The molecule has 10 heavy (non-hydrogen) atoms. The Labute approximate surface area is 64.0 Å². The molecule has 0 aliphatic rings. The topological polar surface area (TPSA) is 0 Å². The third-order valence-corrected chi connectivity index (χ3v) is 1.60. The van der Waals surface area contributed by atoms with E-state index in [9.17, 15) is 0 Å². The van der Waals surface area contributed by atoms with Crippen molar-refractivity contribution in [2.75, 3.05) is 0 Å². The Morgan fingerprint density at radius 1 is 1.00 bits per heavy atom. The van der Waals surface area contributed by atoms with Gasteiger partial charge in [-0.05, 0) is 12.8 Å². The average Bonchev–Trinajstić information content (AvgIpc) is 1.99. The molecule has 2 atom stereocenters. The summed E-state index contributed by atoms with van der Waals surface area (Å²) >= 11 is 0. The first-order valence-corrected chi connectivity index (χ1v) is 3.63. The molecule has 0 heterocycles. The lowest BCUT2D eigenvalue weighted by Gasteiger charge is -2.04. The fourth-order valence-electron chi connectivity index (χ4n) is 0.667. The predicted octanol–water partition coefficient (Wildman–Crippen LogP) is 2.31. The molecule has 0 aliphatic heterocycles.